The van der Waals surface area contributed by atoms with Crippen LogP contribution >= 0.6 is 0 Å². The Morgan fingerprint density at radius 2 is 1.64 bits per heavy atom. The van der Waals surface area contributed by atoms with E-state index in [-0.39, 0.29) is 0 Å². The summed E-state index contributed by atoms with van der Waals surface area (Å²) in [5, 5.41) is 10.7. The zero-order chi connectivity index (χ0) is 17.1. The first-order valence-electron chi connectivity index (χ1n) is 8.32. The molecule has 0 bridgehead atoms. The van der Waals surface area contributed by atoms with Crippen molar-refractivity contribution in [2.45, 2.75) is 13.3 Å². The molecule has 122 valence electrons. The molecule has 4 rings (SSSR count). The monoisotopic (exact) mass is 326 g/mol. The van der Waals surface area contributed by atoms with E-state index in [1.54, 1.807) is 0 Å². The van der Waals surface area contributed by atoms with Crippen LogP contribution in [0.25, 0.3) is 22.9 Å². The minimum absolute atomic E-state index is 0.523. The maximum atomic E-state index is 5.74. The number of hydrogen-bond acceptors (Lipinski definition) is 3. The van der Waals surface area contributed by atoms with Gasteiger partial charge in [0.1, 0.15) is 0 Å². The second-order valence-corrected chi connectivity index (χ2v) is 6.10. The molecule has 0 unspecified atom stereocenters. The summed E-state index contributed by atoms with van der Waals surface area (Å²) in [5.74, 6) is 1.15. The second-order valence-electron chi connectivity index (χ2n) is 6.10. The minimum atomic E-state index is 0.523. The predicted molar refractivity (Wildman–Crippen MR) is 101 cm³/mol. The van der Waals surface area contributed by atoms with Crippen LogP contribution in [0, 0.1) is 6.92 Å². The Morgan fingerprint density at radius 1 is 0.840 bits per heavy atom. The van der Waals surface area contributed by atoms with Crippen molar-refractivity contribution < 1.29 is 4.42 Å². The van der Waals surface area contributed by atoms with Crippen LogP contribution < -0.4 is 0 Å². The molecule has 0 radical (unpaired) electrons. The zero-order valence-electron chi connectivity index (χ0n) is 14.0. The maximum Gasteiger partial charge on any atom is 0.240 e. The Kier molecular flexibility index (Phi) is 4.13. The SMILES string of the molecule is Cc1ccc(Cc2nnc(/C=C/c3cccc4ccccc34)o2)cc1. The highest BCUT2D eigenvalue weighted by atomic mass is 16.4. The summed E-state index contributed by atoms with van der Waals surface area (Å²) < 4.78 is 5.74. The summed E-state index contributed by atoms with van der Waals surface area (Å²) in [7, 11) is 0. The molecule has 0 aliphatic rings. The third-order valence-corrected chi connectivity index (χ3v) is 4.19. The van der Waals surface area contributed by atoms with Crippen LogP contribution in [-0.4, -0.2) is 10.2 Å². The van der Waals surface area contributed by atoms with E-state index < -0.39 is 0 Å². The standard InChI is InChI=1S/C22H18N2O/c1-16-9-11-17(12-10-16)15-22-24-23-21(25-22)14-13-19-7-4-6-18-5-2-3-8-20(18)19/h2-14H,15H2,1H3/b14-13+. The average Bonchev–Trinajstić information content (AvgIpc) is 3.09. The highest BCUT2D eigenvalue weighted by molar-refractivity contribution is 5.92. The first-order valence-corrected chi connectivity index (χ1v) is 8.32. The van der Waals surface area contributed by atoms with Crippen LogP contribution in [0.4, 0.5) is 0 Å². The van der Waals surface area contributed by atoms with Crippen molar-refractivity contribution in [3.05, 3.63) is 95.2 Å². The smallest absolute Gasteiger partial charge is 0.240 e. The lowest BCUT2D eigenvalue weighted by Crippen LogP contribution is -1.88. The normalized spacial score (nSPS) is 11.4. The summed E-state index contributed by atoms with van der Waals surface area (Å²) in [6, 6.07) is 22.9. The first-order chi connectivity index (χ1) is 12.3. The van der Waals surface area contributed by atoms with Crippen molar-refractivity contribution >= 4 is 22.9 Å². The van der Waals surface area contributed by atoms with Gasteiger partial charge in [-0.25, -0.2) is 0 Å². The van der Waals surface area contributed by atoms with Gasteiger partial charge in [-0.1, -0.05) is 72.3 Å². The molecule has 3 aromatic carbocycles. The van der Waals surface area contributed by atoms with Gasteiger partial charge in [0.25, 0.3) is 0 Å². The third-order valence-electron chi connectivity index (χ3n) is 4.19. The van der Waals surface area contributed by atoms with Crippen LogP contribution in [0.1, 0.15) is 28.5 Å². The van der Waals surface area contributed by atoms with E-state index in [0.717, 1.165) is 5.56 Å². The van der Waals surface area contributed by atoms with Crippen LogP contribution in [0.5, 0.6) is 0 Å². The number of nitrogens with zero attached hydrogens (tertiary/aromatic N) is 2. The van der Waals surface area contributed by atoms with E-state index in [9.17, 15) is 0 Å². The topological polar surface area (TPSA) is 38.9 Å². The molecule has 0 N–H and O–H groups in total. The molecule has 1 heterocycles. The van der Waals surface area contributed by atoms with Crippen LogP contribution in [0.2, 0.25) is 0 Å². The first kappa shape index (κ1) is 15.3. The summed E-state index contributed by atoms with van der Waals surface area (Å²) in [5.41, 5.74) is 3.54. The Hall–Kier alpha value is -3.20. The quantitative estimate of drug-likeness (QED) is 0.511. The molecule has 0 atom stereocenters. The lowest BCUT2D eigenvalue weighted by atomic mass is 10.0. The number of fused-ring (bicyclic) bond motifs is 1. The molecule has 0 saturated heterocycles. The van der Waals surface area contributed by atoms with Crippen LogP contribution in [-0.2, 0) is 6.42 Å². The van der Waals surface area contributed by atoms with E-state index >= 15 is 0 Å². The molecule has 25 heavy (non-hydrogen) atoms. The molecular formula is C22H18N2O. The maximum absolute atomic E-state index is 5.74. The molecule has 1 aromatic heterocycles. The van der Waals surface area contributed by atoms with E-state index in [1.807, 2.05) is 24.3 Å². The fraction of sp³-hybridized carbons (Fsp3) is 0.0909. The Bertz CT molecular complexity index is 1020. The third kappa shape index (κ3) is 3.50. The number of aryl methyl sites for hydroxylation is 1. The van der Waals surface area contributed by atoms with Crippen molar-refractivity contribution in [2.24, 2.45) is 0 Å². The lowest BCUT2D eigenvalue weighted by Gasteiger charge is -2.00. The Morgan fingerprint density at radius 3 is 2.52 bits per heavy atom. The van der Waals surface area contributed by atoms with Crippen molar-refractivity contribution in [3.8, 4) is 0 Å². The molecule has 3 heteroatoms. The van der Waals surface area contributed by atoms with E-state index in [4.69, 9.17) is 4.42 Å². The van der Waals surface area contributed by atoms with Gasteiger partial charge in [-0.2, -0.15) is 0 Å². The predicted octanol–water partition coefficient (Wildman–Crippen LogP) is 5.29. The molecule has 0 aliphatic carbocycles. The highest BCUT2D eigenvalue weighted by Crippen LogP contribution is 2.20. The molecule has 0 amide bonds. The molecule has 0 saturated carbocycles. The van der Waals surface area contributed by atoms with Crippen LogP contribution in [0.3, 0.4) is 0 Å². The van der Waals surface area contributed by atoms with Gasteiger partial charge >= 0.3 is 0 Å². The highest BCUT2D eigenvalue weighted by Gasteiger charge is 2.05. The molecule has 4 aromatic rings. The van der Waals surface area contributed by atoms with Crippen LogP contribution in [0.15, 0.2) is 71.1 Å². The van der Waals surface area contributed by atoms with Gasteiger partial charge in [0, 0.05) is 6.08 Å². The Labute approximate surface area is 146 Å². The summed E-state index contributed by atoms with van der Waals surface area (Å²) in [6.07, 6.45) is 4.54. The van der Waals surface area contributed by atoms with E-state index in [2.05, 4.69) is 71.7 Å². The van der Waals surface area contributed by atoms with Crippen molar-refractivity contribution in [2.75, 3.05) is 0 Å². The van der Waals surface area contributed by atoms with Gasteiger partial charge in [-0.05, 0) is 34.9 Å². The Balaban J connectivity index is 1.54. The minimum Gasteiger partial charge on any atom is -0.421 e. The van der Waals surface area contributed by atoms with Gasteiger partial charge in [-0.3, -0.25) is 0 Å². The van der Waals surface area contributed by atoms with Crippen molar-refractivity contribution in [3.63, 3.8) is 0 Å². The van der Waals surface area contributed by atoms with E-state index in [1.165, 1.54) is 21.9 Å². The fourth-order valence-electron chi connectivity index (χ4n) is 2.84. The molecule has 0 spiro atoms. The molecular weight excluding hydrogens is 308 g/mol. The number of hydrogen-bond donors (Lipinski definition) is 0. The largest absolute Gasteiger partial charge is 0.421 e. The van der Waals surface area contributed by atoms with Gasteiger partial charge in [0.15, 0.2) is 0 Å². The lowest BCUT2D eigenvalue weighted by molar-refractivity contribution is 0.496. The zero-order valence-corrected chi connectivity index (χ0v) is 14.0. The number of rotatable bonds is 4. The number of aromatic nitrogens is 2. The summed E-state index contributed by atoms with van der Waals surface area (Å²) in [6.45, 7) is 2.08. The fourth-order valence-corrected chi connectivity index (χ4v) is 2.84. The van der Waals surface area contributed by atoms with Crippen molar-refractivity contribution in [1.29, 1.82) is 0 Å². The van der Waals surface area contributed by atoms with Gasteiger partial charge in [-0.15, -0.1) is 10.2 Å². The van der Waals surface area contributed by atoms with E-state index in [0.29, 0.717) is 18.2 Å². The van der Waals surface area contributed by atoms with Gasteiger partial charge in [0.2, 0.25) is 11.8 Å². The van der Waals surface area contributed by atoms with Gasteiger partial charge < -0.3 is 4.42 Å². The summed E-state index contributed by atoms with van der Waals surface area (Å²) >= 11 is 0. The van der Waals surface area contributed by atoms with Gasteiger partial charge in [0.05, 0.1) is 6.42 Å². The van der Waals surface area contributed by atoms with Crippen molar-refractivity contribution in [1.82, 2.24) is 10.2 Å². The molecule has 3 nitrogen and oxygen atoms in total. The molecule has 0 fully saturated rings. The second kappa shape index (κ2) is 6.73. The summed E-state index contributed by atoms with van der Waals surface area (Å²) in [4.78, 5) is 0. The molecule has 0 aliphatic heterocycles. The number of benzene rings is 3. The average molecular weight is 326 g/mol.